The molecular formula is C17H21N3O4. The average molecular weight is 331 g/mol. The zero-order chi connectivity index (χ0) is 17.4. The van der Waals surface area contributed by atoms with Crippen molar-refractivity contribution in [3.8, 4) is 5.75 Å². The van der Waals surface area contributed by atoms with Gasteiger partial charge in [-0.2, -0.15) is 0 Å². The van der Waals surface area contributed by atoms with Gasteiger partial charge >= 0.3 is 0 Å². The molecule has 2 unspecified atom stereocenters. The standard InChI is InChI=1S/C17H21N3O4/c18-17(24-15-8-2-1-3-9-15)16(21)10-5-11-19-13-6-4-7-14(12-13)20(22)23/h1-4,6-9,12,16-17,19,21H,5,10-11,18H2. The van der Waals surface area contributed by atoms with E-state index in [1.165, 1.54) is 12.1 Å². The zero-order valence-electron chi connectivity index (χ0n) is 13.2. The van der Waals surface area contributed by atoms with E-state index in [1.807, 2.05) is 18.2 Å². The Balaban J connectivity index is 1.71. The molecule has 2 rings (SSSR count). The molecule has 0 aliphatic carbocycles. The Hall–Kier alpha value is -2.64. The van der Waals surface area contributed by atoms with E-state index >= 15 is 0 Å². The predicted molar refractivity (Wildman–Crippen MR) is 91.9 cm³/mol. The number of hydrogen-bond acceptors (Lipinski definition) is 6. The van der Waals surface area contributed by atoms with Crippen LogP contribution in [0.1, 0.15) is 12.8 Å². The van der Waals surface area contributed by atoms with Crippen molar-refractivity contribution in [2.24, 2.45) is 5.73 Å². The molecule has 7 nitrogen and oxygen atoms in total. The number of hydrogen-bond donors (Lipinski definition) is 3. The average Bonchev–Trinajstić information content (AvgIpc) is 2.59. The summed E-state index contributed by atoms with van der Waals surface area (Å²) in [5, 5.41) is 23.8. The highest BCUT2D eigenvalue weighted by atomic mass is 16.6. The molecular weight excluding hydrogens is 310 g/mol. The number of nitrogens with two attached hydrogens (primary N) is 1. The number of anilines is 1. The molecule has 0 spiro atoms. The molecule has 2 atom stereocenters. The third-order valence-corrected chi connectivity index (χ3v) is 3.46. The van der Waals surface area contributed by atoms with Crippen molar-refractivity contribution in [2.75, 3.05) is 11.9 Å². The lowest BCUT2D eigenvalue weighted by Gasteiger charge is -2.20. The van der Waals surface area contributed by atoms with Crippen LogP contribution in [0, 0.1) is 10.1 Å². The minimum Gasteiger partial charge on any atom is -0.473 e. The van der Waals surface area contributed by atoms with Gasteiger partial charge in [-0.3, -0.25) is 15.8 Å². The monoisotopic (exact) mass is 331 g/mol. The number of benzene rings is 2. The van der Waals surface area contributed by atoms with Gasteiger partial charge in [-0.15, -0.1) is 0 Å². The summed E-state index contributed by atoms with van der Waals surface area (Å²) in [6, 6.07) is 15.4. The Morgan fingerprint density at radius 1 is 1.21 bits per heavy atom. The Bertz CT molecular complexity index is 651. The molecule has 2 aromatic rings. The maximum absolute atomic E-state index is 10.7. The molecule has 0 aliphatic heterocycles. The van der Waals surface area contributed by atoms with Gasteiger partial charge in [-0.25, -0.2) is 0 Å². The molecule has 128 valence electrons. The second kappa shape index (κ2) is 8.85. The highest BCUT2D eigenvalue weighted by Gasteiger charge is 2.16. The molecule has 24 heavy (non-hydrogen) atoms. The number of aliphatic hydroxyl groups excluding tert-OH is 1. The smallest absolute Gasteiger partial charge is 0.271 e. The summed E-state index contributed by atoms with van der Waals surface area (Å²) in [6.07, 6.45) is -0.492. The summed E-state index contributed by atoms with van der Waals surface area (Å²) in [5.41, 5.74) is 6.54. The van der Waals surface area contributed by atoms with Crippen molar-refractivity contribution in [2.45, 2.75) is 25.2 Å². The van der Waals surface area contributed by atoms with Crippen LogP contribution >= 0.6 is 0 Å². The lowest BCUT2D eigenvalue weighted by atomic mass is 10.1. The van der Waals surface area contributed by atoms with Crippen molar-refractivity contribution >= 4 is 11.4 Å². The van der Waals surface area contributed by atoms with Crippen LogP contribution in [0.25, 0.3) is 0 Å². The number of nitrogens with zero attached hydrogens (tertiary/aromatic N) is 1. The highest BCUT2D eigenvalue weighted by Crippen LogP contribution is 2.17. The Morgan fingerprint density at radius 3 is 2.67 bits per heavy atom. The second-order valence-corrected chi connectivity index (χ2v) is 5.34. The van der Waals surface area contributed by atoms with Gasteiger partial charge in [0.15, 0.2) is 6.23 Å². The van der Waals surface area contributed by atoms with E-state index in [2.05, 4.69) is 5.32 Å². The van der Waals surface area contributed by atoms with E-state index in [0.717, 1.165) is 0 Å². The van der Waals surface area contributed by atoms with Gasteiger partial charge in [-0.05, 0) is 31.0 Å². The second-order valence-electron chi connectivity index (χ2n) is 5.34. The first-order valence-corrected chi connectivity index (χ1v) is 7.70. The van der Waals surface area contributed by atoms with Crippen molar-refractivity contribution < 1.29 is 14.8 Å². The topological polar surface area (TPSA) is 111 Å². The van der Waals surface area contributed by atoms with E-state index in [4.69, 9.17) is 10.5 Å². The van der Waals surface area contributed by atoms with E-state index in [9.17, 15) is 15.2 Å². The summed E-state index contributed by atoms with van der Waals surface area (Å²) < 4.78 is 5.47. The largest absolute Gasteiger partial charge is 0.473 e. The highest BCUT2D eigenvalue weighted by molar-refractivity contribution is 5.50. The Labute approximate surface area is 140 Å². The quantitative estimate of drug-likeness (QED) is 0.282. The molecule has 0 aliphatic rings. The molecule has 2 aromatic carbocycles. The van der Waals surface area contributed by atoms with E-state index in [-0.39, 0.29) is 5.69 Å². The molecule has 7 heteroatoms. The van der Waals surface area contributed by atoms with Crippen LogP contribution in [-0.4, -0.2) is 28.9 Å². The van der Waals surface area contributed by atoms with Crippen molar-refractivity contribution in [3.63, 3.8) is 0 Å². The summed E-state index contributed by atoms with van der Waals surface area (Å²) >= 11 is 0. The molecule has 0 saturated carbocycles. The van der Waals surface area contributed by atoms with E-state index in [1.54, 1.807) is 24.3 Å². The third-order valence-electron chi connectivity index (χ3n) is 3.46. The molecule has 0 radical (unpaired) electrons. The van der Waals surface area contributed by atoms with Gasteiger partial charge in [0, 0.05) is 24.4 Å². The number of rotatable bonds is 9. The van der Waals surface area contributed by atoms with Gasteiger partial charge in [0.25, 0.3) is 5.69 Å². The molecule has 0 amide bonds. The number of nitro benzene ring substituents is 1. The van der Waals surface area contributed by atoms with Crippen LogP contribution in [0.15, 0.2) is 54.6 Å². The van der Waals surface area contributed by atoms with Crippen LogP contribution in [0.2, 0.25) is 0 Å². The molecule has 4 N–H and O–H groups in total. The maximum atomic E-state index is 10.7. The van der Waals surface area contributed by atoms with Crippen LogP contribution in [0.5, 0.6) is 5.75 Å². The maximum Gasteiger partial charge on any atom is 0.271 e. The minimum absolute atomic E-state index is 0.0401. The van der Waals surface area contributed by atoms with Gasteiger partial charge in [-0.1, -0.05) is 24.3 Å². The van der Waals surface area contributed by atoms with Crippen molar-refractivity contribution in [3.05, 3.63) is 64.7 Å². The molecule has 0 bridgehead atoms. The van der Waals surface area contributed by atoms with E-state index in [0.29, 0.717) is 30.8 Å². The summed E-state index contributed by atoms with van der Waals surface area (Å²) in [5.74, 6) is 0.610. The fourth-order valence-electron chi connectivity index (χ4n) is 2.17. The number of ether oxygens (including phenoxy) is 1. The molecule has 0 saturated heterocycles. The van der Waals surface area contributed by atoms with Crippen LogP contribution < -0.4 is 15.8 Å². The van der Waals surface area contributed by atoms with Gasteiger partial charge in [0.1, 0.15) is 11.9 Å². The number of nitro groups is 1. The predicted octanol–water partition coefficient (Wildman–Crippen LogP) is 2.51. The first-order chi connectivity index (χ1) is 11.6. The molecule has 0 fully saturated rings. The fraction of sp³-hybridized carbons (Fsp3) is 0.294. The van der Waals surface area contributed by atoms with E-state index < -0.39 is 17.3 Å². The molecule has 0 aromatic heterocycles. The van der Waals surface area contributed by atoms with Crippen molar-refractivity contribution in [1.29, 1.82) is 0 Å². The van der Waals surface area contributed by atoms with Gasteiger partial charge < -0.3 is 15.2 Å². The summed E-state index contributed by atoms with van der Waals surface area (Å²) in [6.45, 7) is 0.566. The normalized spacial score (nSPS) is 13.1. The molecule has 0 heterocycles. The minimum atomic E-state index is -0.801. The fourth-order valence-corrected chi connectivity index (χ4v) is 2.17. The zero-order valence-corrected chi connectivity index (χ0v) is 13.2. The van der Waals surface area contributed by atoms with Crippen LogP contribution in [-0.2, 0) is 0 Å². The summed E-state index contributed by atoms with van der Waals surface area (Å²) in [4.78, 5) is 10.3. The first kappa shape index (κ1) is 17.7. The first-order valence-electron chi connectivity index (χ1n) is 7.70. The summed E-state index contributed by atoms with van der Waals surface area (Å²) in [7, 11) is 0. The van der Waals surface area contributed by atoms with Gasteiger partial charge in [0.2, 0.25) is 0 Å². The Morgan fingerprint density at radius 2 is 1.96 bits per heavy atom. The van der Waals surface area contributed by atoms with Gasteiger partial charge in [0.05, 0.1) is 4.92 Å². The SMILES string of the molecule is NC(Oc1ccccc1)C(O)CCCNc1cccc([N+](=O)[O-])c1. The van der Waals surface area contributed by atoms with Crippen LogP contribution in [0.4, 0.5) is 11.4 Å². The number of nitrogens with one attached hydrogen (secondary N) is 1. The number of non-ortho nitro benzene ring substituents is 1. The lowest BCUT2D eigenvalue weighted by Crippen LogP contribution is -2.40. The lowest BCUT2D eigenvalue weighted by molar-refractivity contribution is -0.384. The van der Waals surface area contributed by atoms with Crippen LogP contribution in [0.3, 0.4) is 0 Å². The van der Waals surface area contributed by atoms with Crippen molar-refractivity contribution in [1.82, 2.24) is 0 Å². The number of para-hydroxylation sites is 1. The third kappa shape index (κ3) is 5.53. The number of aliphatic hydroxyl groups is 1. The Kier molecular flexibility index (Phi) is 6.53.